The van der Waals surface area contributed by atoms with Gasteiger partial charge in [-0.05, 0) is 32.6 Å². The third-order valence-electron chi connectivity index (χ3n) is 4.67. The number of urea groups is 1. The van der Waals surface area contributed by atoms with Crippen LogP contribution < -0.4 is 10.6 Å². The maximum atomic E-state index is 11.9. The summed E-state index contributed by atoms with van der Waals surface area (Å²) in [6.45, 7) is 5.52. The molecular formula is C14H26N2O3. The van der Waals surface area contributed by atoms with Crippen molar-refractivity contribution in [1.29, 1.82) is 0 Å². The molecule has 2 aliphatic rings. The van der Waals surface area contributed by atoms with Crippen LogP contribution in [0.4, 0.5) is 4.79 Å². The summed E-state index contributed by atoms with van der Waals surface area (Å²) >= 11 is 0. The second-order valence-corrected chi connectivity index (χ2v) is 6.49. The van der Waals surface area contributed by atoms with Crippen molar-refractivity contribution < 1.29 is 14.6 Å². The lowest BCUT2D eigenvalue weighted by Crippen LogP contribution is -2.51. The molecule has 0 bridgehead atoms. The van der Waals surface area contributed by atoms with Crippen LogP contribution in [0, 0.1) is 5.41 Å². The molecule has 3 unspecified atom stereocenters. The summed E-state index contributed by atoms with van der Waals surface area (Å²) in [6.07, 6.45) is 5.02. The lowest BCUT2D eigenvalue weighted by atomic mass is 9.86. The van der Waals surface area contributed by atoms with Gasteiger partial charge in [0.05, 0.1) is 12.2 Å². The standard InChI is InChI=1S/C14H26N2O3/c1-13(10-17)6-3-5-11(13)16-12(18)15-9-14(2)7-4-8-19-14/h11,17H,3-10H2,1-2H3,(H2,15,16,18). The van der Waals surface area contributed by atoms with Gasteiger partial charge in [-0.25, -0.2) is 4.79 Å². The summed E-state index contributed by atoms with van der Waals surface area (Å²) in [6, 6.07) is -0.0851. The number of carbonyl (C=O) groups is 1. The number of carbonyl (C=O) groups excluding carboxylic acids is 1. The van der Waals surface area contributed by atoms with Crippen LogP contribution in [0.25, 0.3) is 0 Å². The zero-order chi connectivity index (χ0) is 13.9. The Hall–Kier alpha value is -0.810. The van der Waals surface area contributed by atoms with Crippen LogP contribution in [0.5, 0.6) is 0 Å². The summed E-state index contributed by atoms with van der Waals surface area (Å²) in [5.41, 5.74) is -0.390. The smallest absolute Gasteiger partial charge is 0.315 e. The Kier molecular flexibility index (Phi) is 4.36. The molecule has 0 aromatic carbocycles. The number of nitrogens with one attached hydrogen (secondary N) is 2. The monoisotopic (exact) mass is 270 g/mol. The van der Waals surface area contributed by atoms with E-state index in [0.717, 1.165) is 38.7 Å². The van der Waals surface area contributed by atoms with E-state index in [2.05, 4.69) is 10.6 Å². The van der Waals surface area contributed by atoms with Gasteiger partial charge in [-0.3, -0.25) is 0 Å². The highest BCUT2D eigenvalue weighted by molar-refractivity contribution is 5.74. The molecule has 5 nitrogen and oxygen atoms in total. The van der Waals surface area contributed by atoms with Gasteiger partial charge in [-0.2, -0.15) is 0 Å². The van der Waals surface area contributed by atoms with E-state index < -0.39 is 0 Å². The van der Waals surface area contributed by atoms with E-state index in [1.165, 1.54) is 0 Å². The van der Waals surface area contributed by atoms with Gasteiger partial charge in [0.1, 0.15) is 0 Å². The Morgan fingerprint density at radius 1 is 1.37 bits per heavy atom. The number of hydrogen-bond donors (Lipinski definition) is 3. The molecule has 1 saturated heterocycles. The molecule has 3 atom stereocenters. The van der Waals surface area contributed by atoms with Gasteiger partial charge in [0, 0.05) is 24.6 Å². The molecule has 2 fully saturated rings. The first kappa shape index (κ1) is 14.6. The molecule has 1 aliphatic heterocycles. The Labute approximate surface area is 115 Å². The van der Waals surface area contributed by atoms with Gasteiger partial charge in [0.25, 0.3) is 0 Å². The topological polar surface area (TPSA) is 70.6 Å². The zero-order valence-electron chi connectivity index (χ0n) is 12.0. The molecule has 2 amide bonds. The van der Waals surface area contributed by atoms with Gasteiger partial charge in [-0.15, -0.1) is 0 Å². The van der Waals surface area contributed by atoms with Crippen LogP contribution in [0.1, 0.15) is 46.0 Å². The lowest BCUT2D eigenvalue weighted by Gasteiger charge is -2.31. The Morgan fingerprint density at radius 3 is 2.79 bits per heavy atom. The molecule has 1 saturated carbocycles. The fourth-order valence-electron chi connectivity index (χ4n) is 3.12. The number of rotatable bonds is 4. The van der Waals surface area contributed by atoms with Crippen molar-refractivity contribution in [2.24, 2.45) is 5.41 Å². The lowest BCUT2D eigenvalue weighted by molar-refractivity contribution is 0.0226. The predicted molar refractivity (Wildman–Crippen MR) is 73.0 cm³/mol. The van der Waals surface area contributed by atoms with E-state index in [4.69, 9.17) is 4.74 Å². The molecule has 0 radical (unpaired) electrons. The second kappa shape index (κ2) is 5.67. The van der Waals surface area contributed by atoms with Crippen LogP contribution in [0.3, 0.4) is 0 Å². The Bertz CT molecular complexity index is 329. The molecule has 19 heavy (non-hydrogen) atoms. The highest BCUT2D eigenvalue weighted by Crippen LogP contribution is 2.37. The van der Waals surface area contributed by atoms with Crippen LogP contribution in [0.2, 0.25) is 0 Å². The number of amides is 2. The molecule has 3 N–H and O–H groups in total. The minimum absolute atomic E-state index is 0.0646. The van der Waals surface area contributed by atoms with Gasteiger partial charge in [0.15, 0.2) is 0 Å². The predicted octanol–water partition coefficient (Wildman–Crippen LogP) is 1.41. The molecule has 0 aromatic rings. The molecular weight excluding hydrogens is 244 g/mol. The van der Waals surface area contributed by atoms with E-state index in [1.807, 2.05) is 13.8 Å². The Balaban J connectivity index is 1.78. The highest BCUT2D eigenvalue weighted by atomic mass is 16.5. The largest absolute Gasteiger partial charge is 0.396 e. The quantitative estimate of drug-likeness (QED) is 0.723. The van der Waals surface area contributed by atoms with Gasteiger partial charge < -0.3 is 20.5 Å². The summed E-state index contributed by atoms with van der Waals surface area (Å²) < 4.78 is 5.64. The van der Waals surface area contributed by atoms with Crippen molar-refractivity contribution >= 4 is 6.03 Å². The average molecular weight is 270 g/mol. The molecule has 1 aliphatic carbocycles. The maximum absolute atomic E-state index is 11.9. The van der Waals surface area contributed by atoms with Crippen LogP contribution in [-0.4, -0.2) is 42.5 Å². The van der Waals surface area contributed by atoms with E-state index in [-0.39, 0.29) is 29.7 Å². The summed E-state index contributed by atoms with van der Waals surface area (Å²) in [5, 5.41) is 15.4. The summed E-state index contributed by atoms with van der Waals surface area (Å²) in [7, 11) is 0. The van der Waals surface area contributed by atoms with E-state index in [0.29, 0.717) is 6.54 Å². The molecule has 1 heterocycles. The van der Waals surface area contributed by atoms with Gasteiger partial charge in [-0.1, -0.05) is 13.3 Å². The third-order valence-corrected chi connectivity index (χ3v) is 4.67. The second-order valence-electron chi connectivity index (χ2n) is 6.49. The van der Waals surface area contributed by atoms with Crippen LogP contribution in [0.15, 0.2) is 0 Å². The van der Waals surface area contributed by atoms with E-state index >= 15 is 0 Å². The number of aliphatic hydroxyl groups excluding tert-OH is 1. The fraction of sp³-hybridized carbons (Fsp3) is 0.929. The first-order valence-electron chi connectivity index (χ1n) is 7.27. The molecule has 110 valence electrons. The normalized spacial score (nSPS) is 38.4. The molecule has 0 aromatic heterocycles. The summed E-state index contributed by atoms with van der Waals surface area (Å²) in [5.74, 6) is 0. The maximum Gasteiger partial charge on any atom is 0.315 e. The SMILES string of the molecule is CC1(CNC(=O)NC2CCCC2(C)CO)CCCO1. The highest BCUT2D eigenvalue weighted by Gasteiger charge is 2.39. The minimum atomic E-state index is -0.215. The zero-order valence-corrected chi connectivity index (χ0v) is 12.0. The number of hydrogen-bond acceptors (Lipinski definition) is 3. The molecule has 5 heteroatoms. The van der Waals surface area contributed by atoms with E-state index in [1.54, 1.807) is 0 Å². The molecule has 0 spiro atoms. The van der Waals surface area contributed by atoms with E-state index in [9.17, 15) is 9.90 Å². The van der Waals surface area contributed by atoms with Crippen LogP contribution >= 0.6 is 0 Å². The van der Waals surface area contributed by atoms with Crippen molar-refractivity contribution in [3.63, 3.8) is 0 Å². The molecule has 2 rings (SSSR count). The first-order valence-corrected chi connectivity index (χ1v) is 7.27. The Morgan fingerprint density at radius 2 is 2.16 bits per heavy atom. The van der Waals surface area contributed by atoms with Crippen molar-refractivity contribution in [3.05, 3.63) is 0 Å². The average Bonchev–Trinajstić information content (AvgIpc) is 2.96. The van der Waals surface area contributed by atoms with Crippen molar-refractivity contribution in [2.75, 3.05) is 19.8 Å². The van der Waals surface area contributed by atoms with Crippen molar-refractivity contribution in [3.8, 4) is 0 Å². The van der Waals surface area contributed by atoms with Crippen molar-refractivity contribution in [1.82, 2.24) is 10.6 Å². The summed E-state index contributed by atoms with van der Waals surface area (Å²) in [4.78, 5) is 11.9. The van der Waals surface area contributed by atoms with Gasteiger partial charge >= 0.3 is 6.03 Å². The fourth-order valence-corrected chi connectivity index (χ4v) is 3.12. The van der Waals surface area contributed by atoms with Gasteiger partial charge in [0.2, 0.25) is 0 Å². The van der Waals surface area contributed by atoms with Crippen molar-refractivity contribution in [2.45, 2.75) is 57.6 Å². The van der Waals surface area contributed by atoms with Crippen LogP contribution in [-0.2, 0) is 4.74 Å². The number of ether oxygens (including phenoxy) is 1. The minimum Gasteiger partial charge on any atom is -0.396 e. The number of aliphatic hydroxyl groups is 1. The third kappa shape index (κ3) is 3.39. The first-order chi connectivity index (χ1) is 8.97.